The third kappa shape index (κ3) is 5.29. The van der Waals surface area contributed by atoms with E-state index in [-0.39, 0.29) is 12.0 Å². The summed E-state index contributed by atoms with van der Waals surface area (Å²) in [5, 5.41) is 6.08. The number of hydrogen-bond donors (Lipinski definition) is 2. The summed E-state index contributed by atoms with van der Waals surface area (Å²) in [4.78, 5) is 16.4. The van der Waals surface area contributed by atoms with Crippen molar-refractivity contribution in [1.82, 2.24) is 4.98 Å². The third-order valence-electron chi connectivity index (χ3n) is 3.06. The second-order valence-electron chi connectivity index (χ2n) is 5.53. The van der Waals surface area contributed by atoms with Gasteiger partial charge < -0.3 is 15.4 Å². The molecule has 1 aromatic heterocycles. The standard InChI is InChI=1S/C18H23N3O2/c1-4-9-20-16-10-14(11-19-12-16)18(22)21-15-5-7-17(8-6-15)23-13(2)3/h5-8,10-13,20H,4,9H2,1-3H3,(H,21,22). The first-order valence-corrected chi connectivity index (χ1v) is 7.85. The smallest absolute Gasteiger partial charge is 0.257 e. The number of nitrogens with one attached hydrogen (secondary N) is 2. The van der Waals surface area contributed by atoms with Gasteiger partial charge >= 0.3 is 0 Å². The average molecular weight is 313 g/mol. The SMILES string of the molecule is CCCNc1cncc(C(=O)Nc2ccc(OC(C)C)cc2)c1. The molecular formula is C18H23N3O2. The molecule has 5 heteroatoms. The molecule has 2 N–H and O–H groups in total. The molecule has 1 heterocycles. The number of nitrogens with zero attached hydrogens (tertiary/aromatic N) is 1. The summed E-state index contributed by atoms with van der Waals surface area (Å²) in [5.41, 5.74) is 2.09. The zero-order valence-corrected chi connectivity index (χ0v) is 13.8. The minimum Gasteiger partial charge on any atom is -0.491 e. The number of pyridine rings is 1. The van der Waals surface area contributed by atoms with E-state index in [0.29, 0.717) is 5.56 Å². The van der Waals surface area contributed by atoms with Crippen molar-refractivity contribution in [3.8, 4) is 5.75 Å². The van der Waals surface area contributed by atoms with E-state index in [1.165, 1.54) is 0 Å². The van der Waals surface area contributed by atoms with Gasteiger partial charge in [0.25, 0.3) is 5.91 Å². The molecule has 0 saturated carbocycles. The average Bonchev–Trinajstić information content (AvgIpc) is 2.54. The Balaban J connectivity index is 2.01. The summed E-state index contributed by atoms with van der Waals surface area (Å²) in [6.07, 6.45) is 4.41. The van der Waals surface area contributed by atoms with Crippen LogP contribution in [0.1, 0.15) is 37.6 Å². The van der Waals surface area contributed by atoms with Crippen molar-refractivity contribution in [3.63, 3.8) is 0 Å². The number of benzene rings is 1. The lowest BCUT2D eigenvalue weighted by molar-refractivity contribution is 0.102. The molecule has 0 saturated heterocycles. The van der Waals surface area contributed by atoms with Gasteiger partial charge in [0.15, 0.2) is 0 Å². The van der Waals surface area contributed by atoms with Crippen molar-refractivity contribution >= 4 is 17.3 Å². The maximum atomic E-state index is 12.3. The first-order valence-electron chi connectivity index (χ1n) is 7.85. The van der Waals surface area contributed by atoms with Crippen LogP contribution in [0.5, 0.6) is 5.75 Å². The normalized spacial score (nSPS) is 10.4. The molecule has 2 aromatic rings. The molecule has 0 spiro atoms. The minimum atomic E-state index is -0.185. The molecule has 1 aromatic carbocycles. The molecule has 23 heavy (non-hydrogen) atoms. The third-order valence-corrected chi connectivity index (χ3v) is 3.06. The lowest BCUT2D eigenvalue weighted by Crippen LogP contribution is -2.13. The van der Waals surface area contributed by atoms with Crippen LogP contribution in [0.4, 0.5) is 11.4 Å². The molecule has 0 fully saturated rings. The van der Waals surface area contributed by atoms with Crippen molar-refractivity contribution in [2.75, 3.05) is 17.2 Å². The van der Waals surface area contributed by atoms with Crippen LogP contribution in [-0.4, -0.2) is 23.5 Å². The topological polar surface area (TPSA) is 63.2 Å². The molecule has 0 aliphatic rings. The van der Waals surface area contributed by atoms with Gasteiger partial charge in [0.05, 0.1) is 17.4 Å². The van der Waals surface area contributed by atoms with Gasteiger partial charge in [0.2, 0.25) is 0 Å². The zero-order valence-electron chi connectivity index (χ0n) is 13.8. The Morgan fingerprint density at radius 3 is 2.57 bits per heavy atom. The number of amides is 1. The number of aromatic nitrogens is 1. The molecule has 0 bridgehead atoms. The van der Waals surface area contributed by atoms with E-state index in [0.717, 1.165) is 30.1 Å². The Bertz CT molecular complexity index is 639. The molecule has 5 nitrogen and oxygen atoms in total. The molecular weight excluding hydrogens is 290 g/mol. The summed E-state index contributed by atoms with van der Waals surface area (Å²) in [5.74, 6) is 0.598. The number of ether oxygens (including phenoxy) is 1. The van der Waals surface area contributed by atoms with Crippen molar-refractivity contribution < 1.29 is 9.53 Å². The highest BCUT2D eigenvalue weighted by molar-refractivity contribution is 6.04. The Morgan fingerprint density at radius 1 is 1.17 bits per heavy atom. The monoisotopic (exact) mass is 313 g/mol. The second-order valence-corrected chi connectivity index (χ2v) is 5.53. The summed E-state index contributed by atoms with van der Waals surface area (Å²) in [7, 11) is 0. The van der Waals surface area contributed by atoms with E-state index >= 15 is 0 Å². The number of carbonyl (C=O) groups is 1. The van der Waals surface area contributed by atoms with Crippen LogP contribution in [0.25, 0.3) is 0 Å². The fourth-order valence-corrected chi connectivity index (χ4v) is 2.02. The first-order chi connectivity index (χ1) is 11.1. The van der Waals surface area contributed by atoms with E-state index in [9.17, 15) is 4.79 Å². The van der Waals surface area contributed by atoms with E-state index in [1.54, 1.807) is 18.5 Å². The van der Waals surface area contributed by atoms with Crippen LogP contribution in [0.15, 0.2) is 42.7 Å². The first kappa shape index (κ1) is 16.8. The molecule has 122 valence electrons. The second kappa shape index (κ2) is 8.17. The number of rotatable bonds is 7. The van der Waals surface area contributed by atoms with Gasteiger partial charge in [-0.3, -0.25) is 9.78 Å². The molecule has 2 rings (SSSR count). The highest BCUT2D eigenvalue weighted by atomic mass is 16.5. The minimum absolute atomic E-state index is 0.125. The molecule has 0 aliphatic carbocycles. The lowest BCUT2D eigenvalue weighted by Gasteiger charge is -2.11. The summed E-state index contributed by atoms with van der Waals surface area (Å²) >= 11 is 0. The Labute approximate surface area is 137 Å². The Morgan fingerprint density at radius 2 is 1.91 bits per heavy atom. The lowest BCUT2D eigenvalue weighted by atomic mass is 10.2. The van der Waals surface area contributed by atoms with Crippen LogP contribution < -0.4 is 15.4 Å². The van der Waals surface area contributed by atoms with Gasteiger partial charge in [-0.15, -0.1) is 0 Å². The molecule has 1 amide bonds. The molecule has 0 atom stereocenters. The van der Waals surface area contributed by atoms with Crippen molar-refractivity contribution in [2.24, 2.45) is 0 Å². The zero-order chi connectivity index (χ0) is 16.7. The Kier molecular flexibility index (Phi) is 5.97. The highest BCUT2D eigenvalue weighted by Gasteiger charge is 2.08. The quantitative estimate of drug-likeness (QED) is 0.812. The molecule has 0 radical (unpaired) electrons. The van der Waals surface area contributed by atoms with Crippen LogP contribution in [-0.2, 0) is 0 Å². The number of hydrogen-bond acceptors (Lipinski definition) is 4. The van der Waals surface area contributed by atoms with Crippen LogP contribution in [0.3, 0.4) is 0 Å². The van der Waals surface area contributed by atoms with Crippen molar-refractivity contribution in [1.29, 1.82) is 0 Å². The van der Waals surface area contributed by atoms with Crippen LogP contribution in [0, 0.1) is 0 Å². The van der Waals surface area contributed by atoms with Crippen molar-refractivity contribution in [2.45, 2.75) is 33.3 Å². The van der Waals surface area contributed by atoms with Crippen LogP contribution in [0.2, 0.25) is 0 Å². The fraction of sp³-hybridized carbons (Fsp3) is 0.333. The number of carbonyl (C=O) groups excluding carboxylic acids is 1. The van der Waals surface area contributed by atoms with Gasteiger partial charge in [-0.2, -0.15) is 0 Å². The maximum Gasteiger partial charge on any atom is 0.257 e. The van der Waals surface area contributed by atoms with Gasteiger partial charge in [-0.1, -0.05) is 6.92 Å². The Hall–Kier alpha value is -2.56. The predicted molar refractivity (Wildman–Crippen MR) is 93.2 cm³/mol. The maximum absolute atomic E-state index is 12.3. The van der Waals surface area contributed by atoms with E-state index in [2.05, 4.69) is 22.5 Å². The van der Waals surface area contributed by atoms with Gasteiger partial charge in [0.1, 0.15) is 5.75 Å². The van der Waals surface area contributed by atoms with Crippen LogP contribution >= 0.6 is 0 Å². The van der Waals surface area contributed by atoms with Crippen molar-refractivity contribution in [3.05, 3.63) is 48.3 Å². The van der Waals surface area contributed by atoms with Gasteiger partial charge in [-0.25, -0.2) is 0 Å². The van der Waals surface area contributed by atoms with E-state index in [1.807, 2.05) is 38.1 Å². The largest absolute Gasteiger partial charge is 0.491 e. The molecule has 0 aliphatic heterocycles. The summed E-state index contributed by atoms with van der Waals surface area (Å²) in [6.45, 7) is 6.89. The summed E-state index contributed by atoms with van der Waals surface area (Å²) < 4.78 is 5.58. The molecule has 0 unspecified atom stereocenters. The fourth-order valence-electron chi connectivity index (χ4n) is 2.02. The number of anilines is 2. The predicted octanol–water partition coefficient (Wildman–Crippen LogP) is 3.94. The van der Waals surface area contributed by atoms with E-state index in [4.69, 9.17) is 4.74 Å². The van der Waals surface area contributed by atoms with E-state index < -0.39 is 0 Å². The summed E-state index contributed by atoms with van der Waals surface area (Å²) in [6, 6.07) is 9.12. The highest BCUT2D eigenvalue weighted by Crippen LogP contribution is 2.18. The van der Waals surface area contributed by atoms with Gasteiger partial charge in [-0.05, 0) is 50.6 Å². The van der Waals surface area contributed by atoms with Gasteiger partial charge in [0, 0.05) is 24.6 Å².